The molecule has 19 heavy (non-hydrogen) atoms. The van der Waals surface area contributed by atoms with E-state index in [1.807, 2.05) is 0 Å². The third-order valence-corrected chi connectivity index (χ3v) is 3.98. The van der Waals surface area contributed by atoms with Crippen LogP contribution < -0.4 is 5.32 Å². The van der Waals surface area contributed by atoms with Crippen molar-refractivity contribution in [3.05, 3.63) is 48.0 Å². The number of fused-ring (bicyclic) bond motifs is 1. The van der Waals surface area contributed by atoms with Gasteiger partial charge < -0.3 is 10.1 Å². The van der Waals surface area contributed by atoms with Crippen LogP contribution in [-0.2, 0) is 4.74 Å². The third kappa shape index (κ3) is 2.65. The van der Waals surface area contributed by atoms with Gasteiger partial charge in [-0.15, -0.1) is 0 Å². The number of benzene rings is 2. The highest BCUT2D eigenvalue weighted by molar-refractivity contribution is 5.86. The topological polar surface area (TPSA) is 21.3 Å². The summed E-state index contributed by atoms with van der Waals surface area (Å²) < 4.78 is 6.07. The number of ether oxygens (including phenoxy) is 1. The molecule has 2 aromatic carbocycles. The average molecular weight is 255 g/mol. The Bertz CT molecular complexity index is 571. The molecule has 0 saturated carbocycles. The summed E-state index contributed by atoms with van der Waals surface area (Å²) in [5.74, 6) is 0. The van der Waals surface area contributed by atoms with Crippen LogP contribution in [0.5, 0.6) is 0 Å². The molecule has 0 aliphatic carbocycles. The molecule has 2 nitrogen and oxygen atoms in total. The lowest BCUT2D eigenvalue weighted by Gasteiger charge is -2.23. The summed E-state index contributed by atoms with van der Waals surface area (Å²) in [6.45, 7) is 6.17. The van der Waals surface area contributed by atoms with Crippen molar-refractivity contribution < 1.29 is 4.74 Å². The minimum absolute atomic E-state index is 0.146. The summed E-state index contributed by atoms with van der Waals surface area (Å²) in [5.41, 5.74) is 1.46. The predicted molar refractivity (Wildman–Crippen MR) is 79.3 cm³/mol. The van der Waals surface area contributed by atoms with Gasteiger partial charge in [-0.1, -0.05) is 42.5 Å². The van der Waals surface area contributed by atoms with Gasteiger partial charge in [-0.3, -0.25) is 0 Å². The fourth-order valence-corrected chi connectivity index (χ4v) is 2.70. The zero-order chi connectivity index (χ0) is 13.3. The lowest BCUT2D eigenvalue weighted by Crippen LogP contribution is -2.39. The molecule has 1 atom stereocenters. The highest BCUT2D eigenvalue weighted by Crippen LogP contribution is 2.29. The van der Waals surface area contributed by atoms with Crippen molar-refractivity contribution in [2.75, 3.05) is 13.2 Å². The second kappa shape index (κ2) is 4.95. The van der Waals surface area contributed by atoms with Gasteiger partial charge in [0, 0.05) is 18.7 Å². The number of rotatable bonds is 1. The first-order valence-electron chi connectivity index (χ1n) is 7.00. The van der Waals surface area contributed by atoms with E-state index in [2.05, 4.69) is 61.6 Å². The summed E-state index contributed by atoms with van der Waals surface area (Å²) >= 11 is 0. The van der Waals surface area contributed by atoms with Gasteiger partial charge in [-0.2, -0.15) is 0 Å². The van der Waals surface area contributed by atoms with Crippen molar-refractivity contribution >= 4 is 10.8 Å². The minimum atomic E-state index is 0.146. The van der Waals surface area contributed by atoms with Gasteiger partial charge in [0.05, 0.1) is 6.10 Å². The predicted octanol–water partition coefficient (Wildman–Crippen LogP) is 3.67. The number of hydrogen-bond acceptors (Lipinski definition) is 2. The van der Waals surface area contributed by atoms with Crippen molar-refractivity contribution in [2.45, 2.75) is 31.9 Å². The molecule has 1 heterocycles. The molecule has 100 valence electrons. The van der Waals surface area contributed by atoms with Gasteiger partial charge in [0.2, 0.25) is 0 Å². The molecule has 3 rings (SSSR count). The molecular weight excluding hydrogens is 234 g/mol. The summed E-state index contributed by atoms with van der Waals surface area (Å²) in [4.78, 5) is 0. The fraction of sp³-hybridized carbons (Fsp3) is 0.412. The number of nitrogens with one attached hydrogen (secondary N) is 1. The second-order valence-corrected chi connectivity index (χ2v) is 5.94. The molecule has 1 unspecified atom stereocenters. The number of hydrogen-bond donors (Lipinski definition) is 1. The maximum atomic E-state index is 6.07. The quantitative estimate of drug-likeness (QED) is 0.839. The van der Waals surface area contributed by atoms with E-state index in [-0.39, 0.29) is 11.6 Å². The Hall–Kier alpha value is -1.38. The van der Waals surface area contributed by atoms with Gasteiger partial charge in [-0.05, 0) is 36.6 Å². The van der Waals surface area contributed by atoms with Crippen LogP contribution in [0.4, 0.5) is 0 Å². The van der Waals surface area contributed by atoms with Crippen molar-refractivity contribution in [3.63, 3.8) is 0 Å². The van der Waals surface area contributed by atoms with Crippen LogP contribution in [0.2, 0.25) is 0 Å². The first-order valence-corrected chi connectivity index (χ1v) is 7.00. The molecule has 1 saturated heterocycles. The largest absolute Gasteiger partial charge is 0.372 e. The SMILES string of the molecule is CC1(C)CCOC(c2cccc3ccccc23)CN1. The van der Waals surface area contributed by atoms with E-state index in [4.69, 9.17) is 4.74 Å². The zero-order valence-electron chi connectivity index (χ0n) is 11.6. The van der Waals surface area contributed by atoms with Crippen molar-refractivity contribution in [1.29, 1.82) is 0 Å². The molecule has 0 radical (unpaired) electrons. The van der Waals surface area contributed by atoms with E-state index >= 15 is 0 Å². The van der Waals surface area contributed by atoms with E-state index in [1.165, 1.54) is 16.3 Å². The Morgan fingerprint density at radius 3 is 2.79 bits per heavy atom. The van der Waals surface area contributed by atoms with Crippen LogP contribution in [0.3, 0.4) is 0 Å². The molecule has 1 fully saturated rings. The molecule has 1 aliphatic heterocycles. The van der Waals surface area contributed by atoms with Crippen LogP contribution in [0.1, 0.15) is 31.9 Å². The molecule has 1 aliphatic rings. The monoisotopic (exact) mass is 255 g/mol. The van der Waals surface area contributed by atoms with Crippen LogP contribution >= 0.6 is 0 Å². The Morgan fingerprint density at radius 1 is 1.11 bits per heavy atom. The smallest absolute Gasteiger partial charge is 0.0955 e. The molecule has 2 aromatic rings. The third-order valence-electron chi connectivity index (χ3n) is 3.98. The highest BCUT2D eigenvalue weighted by atomic mass is 16.5. The van der Waals surface area contributed by atoms with E-state index in [1.54, 1.807) is 0 Å². The normalized spacial score (nSPS) is 23.2. The Morgan fingerprint density at radius 2 is 1.89 bits per heavy atom. The summed E-state index contributed by atoms with van der Waals surface area (Å²) in [7, 11) is 0. The van der Waals surface area contributed by atoms with Gasteiger partial charge in [0.25, 0.3) is 0 Å². The molecular formula is C17H21NO. The fourth-order valence-electron chi connectivity index (χ4n) is 2.70. The van der Waals surface area contributed by atoms with Gasteiger partial charge in [-0.25, -0.2) is 0 Å². The van der Waals surface area contributed by atoms with E-state index in [0.717, 1.165) is 19.6 Å². The molecule has 1 N–H and O–H groups in total. The molecule has 0 amide bonds. The van der Waals surface area contributed by atoms with Crippen LogP contribution in [0.15, 0.2) is 42.5 Å². The van der Waals surface area contributed by atoms with E-state index in [0.29, 0.717) is 0 Å². The summed E-state index contributed by atoms with van der Waals surface area (Å²) in [6, 6.07) is 15.0. The molecule has 2 heteroatoms. The maximum Gasteiger partial charge on any atom is 0.0955 e. The Kier molecular flexibility index (Phi) is 3.29. The van der Waals surface area contributed by atoms with Crippen molar-refractivity contribution in [1.82, 2.24) is 5.32 Å². The minimum Gasteiger partial charge on any atom is -0.372 e. The second-order valence-electron chi connectivity index (χ2n) is 5.94. The van der Waals surface area contributed by atoms with Crippen molar-refractivity contribution in [3.8, 4) is 0 Å². The molecule has 0 aromatic heterocycles. The lowest BCUT2D eigenvalue weighted by atomic mass is 9.99. The van der Waals surface area contributed by atoms with Gasteiger partial charge in [0.1, 0.15) is 0 Å². The standard InChI is InChI=1S/C17H21NO/c1-17(2)10-11-19-16(12-18-17)15-9-5-7-13-6-3-4-8-14(13)15/h3-9,16,18H,10-12H2,1-2H3. The maximum absolute atomic E-state index is 6.07. The Labute approximate surface area is 114 Å². The first kappa shape index (κ1) is 12.6. The molecule has 0 bridgehead atoms. The summed E-state index contributed by atoms with van der Waals surface area (Å²) in [6.07, 6.45) is 1.20. The van der Waals surface area contributed by atoms with E-state index in [9.17, 15) is 0 Å². The van der Waals surface area contributed by atoms with Gasteiger partial charge in [0.15, 0.2) is 0 Å². The lowest BCUT2D eigenvalue weighted by molar-refractivity contribution is 0.0666. The van der Waals surface area contributed by atoms with Crippen LogP contribution in [0, 0.1) is 0 Å². The Balaban J connectivity index is 1.96. The summed E-state index contributed by atoms with van der Waals surface area (Å²) in [5, 5.41) is 6.20. The highest BCUT2D eigenvalue weighted by Gasteiger charge is 2.25. The molecule has 0 spiro atoms. The average Bonchev–Trinajstić information content (AvgIpc) is 2.59. The first-order chi connectivity index (χ1) is 9.16. The van der Waals surface area contributed by atoms with Crippen LogP contribution in [0.25, 0.3) is 10.8 Å². The zero-order valence-corrected chi connectivity index (χ0v) is 11.6. The van der Waals surface area contributed by atoms with Crippen LogP contribution in [-0.4, -0.2) is 18.7 Å². The van der Waals surface area contributed by atoms with Gasteiger partial charge >= 0.3 is 0 Å². The van der Waals surface area contributed by atoms with Crippen molar-refractivity contribution in [2.24, 2.45) is 0 Å². The van der Waals surface area contributed by atoms with E-state index < -0.39 is 0 Å².